The number of carbonyl (C=O) groups excluding carboxylic acids is 1. The first-order valence-electron chi connectivity index (χ1n) is 7.68. The van der Waals surface area contributed by atoms with E-state index in [1.165, 1.54) is 0 Å². The third-order valence-corrected chi connectivity index (χ3v) is 4.66. The van der Waals surface area contributed by atoms with Crippen LogP contribution in [0, 0.1) is 0 Å². The highest BCUT2D eigenvalue weighted by Crippen LogP contribution is 2.38. The number of hydrogen-bond donors (Lipinski definition) is 3. The third-order valence-electron chi connectivity index (χ3n) is 4.66. The standard InChI is InChI=1S/C17H24N2O4/c1-17(2)12-8-11(16(18)22)5-4-10(12)9-13(23-3)15(17)19-7-6-14(20)21/h4-5,8,13,15,19H,6-7,9H2,1-3H3,(H2,18,22)(H,20,21)/t13-,15+/m1/s1. The summed E-state index contributed by atoms with van der Waals surface area (Å²) in [7, 11) is 1.66. The molecule has 0 radical (unpaired) electrons. The normalized spacial score (nSPS) is 22.4. The first-order chi connectivity index (χ1) is 10.8. The average molecular weight is 320 g/mol. The molecule has 0 fully saturated rings. The minimum Gasteiger partial charge on any atom is -0.481 e. The van der Waals surface area contributed by atoms with E-state index >= 15 is 0 Å². The molecule has 2 atom stereocenters. The highest BCUT2D eigenvalue weighted by molar-refractivity contribution is 5.93. The van der Waals surface area contributed by atoms with Crippen LogP contribution in [0.25, 0.3) is 0 Å². The SMILES string of the molecule is CO[C@@H]1Cc2ccc(C(N)=O)cc2C(C)(C)[C@H]1NCCC(=O)O. The highest BCUT2D eigenvalue weighted by Gasteiger charge is 2.42. The molecule has 4 N–H and O–H groups in total. The number of rotatable bonds is 6. The summed E-state index contributed by atoms with van der Waals surface area (Å²) in [4.78, 5) is 22.2. The Morgan fingerprint density at radius 2 is 2.13 bits per heavy atom. The molecule has 6 nitrogen and oxygen atoms in total. The molecule has 1 aliphatic carbocycles. The van der Waals surface area contributed by atoms with Gasteiger partial charge < -0.3 is 20.9 Å². The van der Waals surface area contributed by atoms with Crippen molar-refractivity contribution in [1.82, 2.24) is 5.32 Å². The molecule has 1 aromatic carbocycles. The number of hydrogen-bond acceptors (Lipinski definition) is 4. The van der Waals surface area contributed by atoms with Crippen molar-refractivity contribution in [2.24, 2.45) is 5.73 Å². The van der Waals surface area contributed by atoms with E-state index in [4.69, 9.17) is 15.6 Å². The molecule has 0 saturated heterocycles. The van der Waals surface area contributed by atoms with E-state index in [0.717, 1.165) is 11.1 Å². The summed E-state index contributed by atoms with van der Waals surface area (Å²) in [6, 6.07) is 5.45. The number of carboxylic acid groups (broad SMARTS) is 1. The summed E-state index contributed by atoms with van der Waals surface area (Å²) in [6.45, 7) is 4.51. The van der Waals surface area contributed by atoms with Crippen molar-refractivity contribution < 1.29 is 19.4 Å². The molecular weight excluding hydrogens is 296 g/mol. The van der Waals surface area contributed by atoms with Gasteiger partial charge in [-0.05, 0) is 23.3 Å². The molecule has 2 rings (SSSR count). The molecule has 0 bridgehead atoms. The summed E-state index contributed by atoms with van der Waals surface area (Å²) in [5, 5.41) is 12.1. The Morgan fingerprint density at radius 1 is 1.43 bits per heavy atom. The van der Waals surface area contributed by atoms with Crippen molar-refractivity contribution in [3.8, 4) is 0 Å². The molecule has 1 aromatic rings. The number of carbonyl (C=O) groups is 2. The summed E-state index contributed by atoms with van der Waals surface area (Å²) in [5.74, 6) is -1.29. The number of amides is 1. The predicted octanol–water partition coefficient (Wildman–Crippen LogP) is 1.07. The van der Waals surface area contributed by atoms with Crippen LogP contribution in [0.1, 0.15) is 41.8 Å². The van der Waals surface area contributed by atoms with Gasteiger partial charge in [0.2, 0.25) is 5.91 Å². The van der Waals surface area contributed by atoms with Crippen molar-refractivity contribution in [1.29, 1.82) is 0 Å². The Balaban J connectivity index is 2.34. The van der Waals surface area contributed by atoms with Crippen molar-refractivity contribution in [3.05, 3.63) is 34.9 Å². The van der Waals surface area contributed by atoms with Gasteiger partial charge in [-0.15, -0.1) is 0 Å². The Hall–Kier alpha value is -1.92. The second-order valence-electron chi connectivity index (χ2n) is 6.51. The zero-order valence-corrected chi connectivity index (χ0v) is 13.8. The van der Waals surface area contributed by atoms with Gasteiger partial charge >= 0.3 is 5.97 Å². The third kappa shape index (κ3) is 3.54. The van der Waals surface area contributed by atoms with E-state index in [9.17, 15) is 9.59 Å². The summed E-state index contributed by atoms with van der Waals surface area (Å²) < 4.78 is 5.63. The van der Waals surface area contributed by atoms with Crippen molar-refractivity contribution in [3.63, 3.8) is 0 Å². The number of ether oxygens (including phenoxy) is 1. The number of nitrogens with one attached hydrogen (secondary N) is 1. The fourth-order valence-corrected chi connectivity index (χ4v) is 3.42. The summed E-state index contributed by atoms with van der Waals surface area (Å²) in [6.07, 6.45) is 0.696. The lowest BCUT2D eigenvalue weighted by atomic mass is 9.67. The smallest absolute Gasteiger partial charge is 0.304 e. The maximum atomic E-state index is 11.5. The molecule has 0 spiro atoms. The van der Waals surface area contributed by atoms with Gasteiger partial charge in [-0.25, -0.2) is 0 Å². The maximum Gasteiger partial charge on any atom is 0.304 e. The molecular formula is C17H24N2O4. The zero-order valence-electron chi connectivity index (χ0n) is 13.8. The van der Waals surface area contributed by atoms with Crippen LogP contribution in [0.15, 0.2) is 18.2 Å². The Labute approximate surface area is 136 Å². The van der Waals surface area contributed by atoms with E-state index in [-0.39, 0.29) is 24.0 Å². The summed E-state index contributed by atoms with van der Waals surface area (Å²) >= 11 is 0. The van der Waals surface area contributed by atoms with Crippen LogP contribution in [-0.4, -0.2) is 42.8 Å². The second kappa shape index (κ2) is 6.68. The number of primary amides is 1. The van der Waals surface area contributed by atoms with Crippen molar-refractivity contribution >= 4 is 11.9 Å². The van der Waals surface area contributed by atoms with Crippen LogP contribution in [0.5, 0.6) is 0 Å². The number of benzene rings is 1. The molecule has 1 amide bonds. The van der Waals surface area contributed by atoms with Gasteiger partial charge in [-0.2, -0.15) is 0 Å². The van der Waals surface area contributed by atoms with Crippen LogP contribution in [-0.2, 0) is 21.4 Å². The second-order valence-corrected chi connectivity index (χ2v) is 6.51. The number of aliphatic carboxylic acids is 1. The van der Waals surface area contributed by atoms with Crippen LogP contribution >= 0.6 is 0 Å². The van der Waals surface area contributed by atoms with E-state index in [0.29, 0.717) is 18.5 Å². The first kappa shape index (κ1) is 17.4. The van der Waals surface area contributed by atoms with Gasteiger partial charge in [-0.1, -0.05) is 19.9 Å². The van der Waals surface area contributed by atoms with Gasteiger partial charge in [0.05, 0.1) is 12.5 Å². The van der Waals surface area contributed by atoms with Gasteiger partial charge in [-0.3, -0.25) is 9.59 Å². The van der Waals surface area contributed by atoms with Gasteiger partial charge in [0.15, 0.2) is 0 Å². The largest absolute Gasteiger partial charge is 0.481 e. The average Bonchev–Trinajstić information content (AvgIpc) is 2.48. The lowest BCUT2D eigenvalue weighted by Crippen LogP contribution is -2.57. The van der Waals surface area contributed by atoms with Gasteiger partial charge in [0, 0.05) is 37.1 Å². The fraction of sp³-hybridized carbons (Fsp3) is 0.529. The Bertz CT molecular complexity index is 613. The predicted molar refractivity (Wildman–Crippen MR) is 86.5 cm³/mol. The number of carboxylic acids is 1. The van der Waals surface area contributed by atoms with E-state index in [1.54, 1.807) is 13.2 Å². The van der Waals surface area contributed by atoms with E-state index < -0.39 is 11.9 Å². The highest BCUT2D eigenvalue weighted by atomic mass is 16.5. The molecule has 0 aliphatic heterocycles. The van der Waals surface area contributed by atoms with Gasteiger partial charge in [0.1, 0.15) is 0 Å². The fourth-order valence-electron chi connectivity index (χ4n) is 3.42. The molecule has 0 heterocycles. The lowest BCUT2D eigenvalue weighted by molar-refractivity contribution is -0.137. The molecule has 126 valence electrons. The Kier molecular flexibility index (Phi) is 5.06. The first-order valence-corrected chi connectivity index (χ1v) is 7.68. The van der Waals surface area contributed by atoms with Crippen molar-refractivity contribution in [2.75, 3.05) is 13.7 Å². The molecule has 0 unspecified atom stereocenters. The van der Waals surface area contributed by atoms with Crippen LogP contribution in [0.4, 0.5) is 0 Å². The van der Waals surface area contributed by atoms with Crippen molar-refractivity contribution in [2.45, 2.75) is 44.2 Å². The minimum atomic E-state index is -0.837. The van der Waals surface area contributed by atoms with Crippen LogP contribution in [0.2, 0.25) is 0 Å². The Morgan fingerprint density at radius 3 is 2.70 bits per heavy atom. The maximum absolute atomic E-state index is 11.5. The molecule has 0 aromatic heterocycles. The molecule has 23 heavy (non-hydrogen) atoms. The lowest BCUT2D eigenvalue weighted by Gasteiger charge is -2.45. The zero-order chi connectivity index (χ0) is 17.2. The van der Waals surface area contributed by atoms with Gasteiger partial charge in [0.25, 0.3) is 0 Å². The summed E-state index contributed by atoms with van der Waals surface area (Å²) in [5.41, 5.74) is 7.73. The monoisotopic (exact) mass is 320 g/mol. The number of nitrogens with two attached hydrogens (primary N) is 1. The molecule has 0 saturated carbocycles. The number of fused-ring (bicyclic) bond motifs is 1. The van der Waals surface area contributed by atoms with E-state index in [2.05, 4.69) is 19.2 Å². The van der Waals surface area contributed by atoms with Crippen LogP contribution in [0.3, 0.4) is 0 Å². The molecule has 1 aliphatic rings. The molecule has 6 heteroatoms. The van der Waals surface area contributed by atoms with Crippen LogP contribution < -0.4 is 11.1 Å². The topological polar surface area (TPSA) is 102 Å². The number of methoxy groups -OCH3 is 1. The van der Waals surface area contributed by atoms with E-state index in [1.807, 2.05) is 12.1 Å². The minimum absolute atomic E-state index is 0.0528. The quantitative estimate of drug-likeness (QED) is 0.727.